The monoisotopic (exact) mass is 632 g/mol. The lowest BCUT2D eigenvalue weighted by molar-refractivity contribution is 0.0781. The third kappa shape index (κ3) is 6.80. The van der Waals surface area contributed by atoms with Crippen molar-refractivity contribution in [1.29, 1.82) is 0 Å². The fourth-order valence-corrected chi connectivity index (χ4v) is 6.34. The van der Waals surface area contributed by atoms with Gasteiger partial charge in [0, 0.05) is 36.1 Å². The second kappa shape index (κ2) is 14.4. The van der Waals surface area contributed by atoms with E-state index in [-0.39, 0.29) is 61.9 Å². The smallest absolute Gasteiger partial charge is 0.414 e. The van der Waals surface area contributed by atoms with Crippen LogP contribution < -0.4 is 9.80 Å². The van der Waals surface area contributed by atoms with Crippen molar-refractivity contribution in [1.82, 2.24) is 0 Å². The maximum absolute atomic E-state index is 12.6. The molecule has 2 aliphatic heterocycles. The van der Waals surface area contributed by atoms with Crippen LogP contribution in [0, 0.1) is 5.92 Å². The van der Waals surface area contributed by atoms with Gasteiger partial charge in [-0.2, -0.15) is 0 Å². The van der Waals surface area contributed by atoms with Crippen LogP contribution in [0.5, 0.6) is 0 Å². The number of para-hydroxylation sites is 2. The highest BCUT2D eigenvalue weighted by Crippen LogP contribution is 2.44. The predicted octanol–water partition coefficient (Wildman–Crippen LogP) is 6.97. The third-order valence-corrected chi connectivity index (χ3v) is 8.85. The molecule has 3 atom stereocenters. The summed E-state index contributed by atoms with van der Waals surface area (Å²) in [6, 6.07) is 32.9. The van der Waals surface area contributed by atoms with E-state index in [1.54, 1.807) is 35.2 Å². The van der Waals surface area contributed by atoms with Gasteiger partial charge in [0.05, 0.1) is 17.4 Å². The minimum absolute atomic E-state index is 0.0174. The Morgan fingerprint density at radius 3 is 1.72 bits per heavy atom. The third-order valence-electron chi connectivity index (χ3n) is 8.85. The van der Waals surface area contributed by atoms with Gasteiger partial charge in [0.25, 0.3) is 0 Å². The lowest BCUT2D eigenvalue weighted by Gasteiger charge is -2.46. The molecule has 1 N–H and O–H groups in total. The SMILES string of the molecule is O=C1CC(CCO)N(C(=O)OCc2ccccc2)c2ccccc21.O=C1c2ccccc2N(C(=O)OCc2ccccc2)C2CCC12. The number of ketones is 2. The Labute approximate surface area is 273 Å². The van der Waals surface area contributed by atoms with E-state index in [2.05, 4.69) is 0 Å². The average molecular weight is 633 g/mol. The highest BCUT2D eigenvalue weighted by molar-refractivity contribution is 6.10. The van der Waals surface area contributed by atoms with Gasteiger partial charge >= 0.3 is 12.2 Å². The number of aliphatic hydroxyl groups is 1. The number of anilines is 2. The molecule has 0 aromatic heterocycles. The van der Waals surface area contributed by atoms with Crippen LogP contribution in [0.1, 0.15) is 57.5 Å². The number of nitrogens with zero attached hydrogens (tertiary/aromatic N) is 2. The summed E-state index contributed by atoms with van der Waals surface area (Å²) in [6.45, 7) is 0.310. The van der Waals surface area contributed by atoms with Gasteiger partial charge in [-0.05, 0) is 54.7 Å². The van der Waals surface area contributed by atoms with Crippen LogP contribution in [0.2, 0.25) is 0 Å². The number of rotatable bonds is 6. The highest BCUT2D eigenvalue weighted by Gasteiger charge is 2.48. The van der Waals surface area contributed by atoms with Gasteiger partial charge in [0.1, 0.15) is 13.2 Å². The zero-order valence-electron chi connectivity index (χ0n) is 25.9. The van der Waals surface area contributed by atoms with E-state index in [1.165, 1.54) is 4.90 Å². The van der Waals surface area contributed by atoms with Crippen LogP contribution in [-0.2, 0) is 22.7 Å². The van der Waals surface area contributed by atoms with Crippen molar-refractivity contribution in [3.05, 3.63) is 131 Å². The number of fused-ring (bicyclic) bond motifs is 3. The van der Waals surface area contributed by atoms with Crippen molar-refractivity contribution in [3.8, 4) is 0 Å². The molecule has 3 unspecified atom stereocenters. The van der Waals surface area contributed by atoms with Gasteiger partial charge in [0.2, 0.25) is 0 Å². The molecule has 1 fully saturated rings. The number of hydrogen-bond donors (Lipinski definition) is 1. The lowest BCUT2D eigenvalue weighted by Crippen LogP contribution is -2.56. The van der Waals surface area contributed by atoms with Crippen molar-refractivity contribution >= 4 is 35.1 Å². The summed E-state index contributed by atoms with van der Waals surface area (Å²) in [5.41, 5.74) is 4.22. The lowest BCUT2D eigenvalue weighted by atomic mass is 9.71. The molecule has 2 amide bonds. The zero-order valence-corrected chi connectivity index (χ0v) is 25.9. The van der Waals surface area contributed by atoms with Gasteiger partial charge in [-0.15, -0.1) is 0 Å². The Bertz CT molecular complexity index is 1740. The molecule has 3 aliphatic rings. The number of amides is 2. The molecule has 1 aliphatic carbocycles. The Hall–Kier alpha value is -5.28. The molecule has 0 saturated heterocycles. The number of carbonyl (C=O) groups is 4. The summed E-state index contributed by atoms with van der Waals surface area (Å²) in [6.07, 6.45) is 1.35. The molecule has 47 heavy (non-hydrogen) atoms. The van der Waals surface area contributed by atoms with E-state index in [9.17, 15) is 24.3 Å². The fraction of sp³-hybridized carbons (Fsp3) is 0.263. The van der Waals surface area contributed by atoms with Crippen molar-refractivity contribution < 1.29 is 33.8 Å². The van der Waals surface area contributed by atoms with Gasteiger partial charge < -0.3 is 14.6 Å². The predicted molar refractivity (Wildman–Crippen MR) is 176 cm³/mol. The normalized spacial score (nSPS) is 19.2. The summed E-state index contributed by atoms with van der Waals surface area (Å²) in [4.78, 5) is 53.1. The molecule has 7 rings (SSSR count). The first kappa shape index (κ1) is 31.7. The van der Waals surface area contributed by atoms with Crippen LogP contribution >= 0.6 is 0 Å². The summed E-state index contributed by atoms with van der Waals surface area (Å²) < 4.78 is 10.9. The van der Waals surface area contributed by atoms with Crippen LogP contribution in [0.25, 0.3) is 0 Å². The summed E-state index contributed by atoms with van der Waals surface area (Å²) in [5.74, 6) is 0.0642. The topological polar surface area (TPSA) is 113 Å². The van der Waals surface area contributed by atoms with Crippen LogP contribution in [-0.4, -0.2) is 47.6 Å². The van der Waals surface area contributed by atoms with Crippen LogP contribution in [0.15, 0.2) is 109 Å². The average Bonchev–Trinajstić information content (AvgIpc) is 3.09. The van der Waals surface area contributed by atoms with Crippen LogP contribution in [0.4, 0.5) is 21.0 Å². The Kier molecular flexibility index (Phi) is 9.73. The van der Waals surface area contributed by atoms with Crippen molar-refractivity contribution in [2.75, 3.05) is 16.4 Å². The summed E-state index contributed by atoms with van der Waals surface area (Å²) >= 11 is 0. The number of benzene rings is 4. The molecule has 9 nitrogen and oxygen atoms in total. The molecule has 9 heteroatoms. The number of ether oxygens (including phenoxy) is 2. The van der Waals surface area contributed by atoms with Crippen molar-refractivity contribution in [3.63, 3.8) is 0 Å². The van der Waals surface area contributed by atoms with Crippen molar-refractivity contribution in [2.24, 2.45) is 5.92 Å². The first-order valence-corrected chi connectivity index (χ1v) is 15.8. The maximum atomic E-state index is 12.6. The molecule has 0 radical (unpaired) electrons. The van der Waals surface area contributed by atoms with Gasteiger partial charge in [-0.3, -0.25) is 19.4 Å². The van der Waals surface area contributed by atoms with Crippen molar-refractivity contribution in [2.45, 2.75) is 51.0 Å². The second-order valence-corrected chi connectivity index (χ2v) is 11.8. The molecule has 0 bridgehead atoms. The van der Waals surface area contributed by atoms with E-state index in [1.807, 2.05) is 78.9 Å². The van der Waals surface area contributed by atoms with Gasteiger partial charge in [0.15, 0.2) is 11.6 Å². The molecule has 1 saturated carbocycles. The largest absolute Gasteiger partial charge is 0.444 e. The minimum Gasteiger partial charge on any atom is -0.444 e. The molecule has 0 spiro atoms. The van der Waals surface area contributed by atoms with E-state index in [0.29, 0.717) is 28.9 Å². The molecule has 2 heterocycles. The Balaban J connectivity index is 0.000000164. The summed E-state index contributed by atoms with van der Waals surface area (Å²) in [7, 11) is 0. The molecular weight excluding hydrogens is 596 g/mol. The van der Waals surface area contributed by atoms with E-state index >= 15 is 0 Å². The van der Waals surface area contributed by atoms with Gasteiger partial charge in [-0.25, -0.2) is 9.59 Å². The van der Waals surface area contributed by atoms with Crippen LogP contribution in [0.3, 0.4) is 0 Å². The first-order valence-electron chi connectivity index (χ1n) is 15.8. The fourth-order valence-electron chi connectivity index (χ4n) is 6.34. The van der Waals surface area contributed by atoms with E-state index in [4.69, 9.17) is 9.47 Å². The molecule has 4 aromatic carbocycles. The van der Waals surface area contributed by atoms with E-state index in [0.717, 1.165) is 24.0 Å². The quantitative estimate of drug-likeness (QED) is 0.244. The maximum Gasteiger partial charge on any atom is 0.414 e. The standard InChI is InChI=1S/C19H19NO4.C19H17NO3/c21-11-10-15-12-18(22)16-8-4-5-9-17(16)20(15)19(23)24-13-14-6-2-1-3-7-14;21-18-14-8-4-5-9-16(14)20(17-11-10-15(17)18)19(22)23-12-13-6-2-1-3-7-13/h1-9,15,21H,10-13H2;1-9,15,17H,10-12H2. The minimum atomic E-state index is -0.503. The first-order chi connectivity index (χ1) is 23.0. The Morgan fingerprint density at radius 2 is 1.17 bits per heavy atom. The molecule has 240 valence electrons. The Morgan fingerprint density at radius 1 is 0.660 bits per heavy atom. The number of aliphatic hydroxyl groups excluding tert-OH is 1. The number of carbonyl (C=O) groups excluding carboxylic acids is 4. The summed E-state index contributed by atoms with van der Waals surface area (Å²) in [5, 5.41) is 9.27. The highest BCUT2D eigenvalue weighted by atomic mass is 16.6. The molecular formula is C38H36N2O7. The van der Waals surface area contributed by atoms with Gasteiger partial charge in [-0.1, -0.05) is 84.9 Å². The number of hydrogen-bond acceptors (Lipinski definition) is 7. The second-order valence-electron chi connectivity index (χ2n) is 11.8. The zero-order chi connectivity index (χ0) is 32.8. The molecule has 4 aromatic rings. The number of Topliss-reactive ketones (excluding diaryl/α,β-unsaturated/α-hetero) is 2. The van der Waals surface area contributed by atoms with E-state index < -0.39 is 6.09 Å².